The van der Waals surface area contributed by atoms with Gasteiger partial charge < -0.3 is 4.90 Å². The van der Waals surface area contributed by atoms with Gasteiger partial charge in [0.15, 0.2) is 0 Å². The van der Waals surface area contributed by atoms with Gasteiger partial charge in [0.1, 0.15) is 0 Å². The van der Waals surface area contributed by atoms with Crippen LogP contribution in [-0.4, -0.2) is 10.3 Å². The van der Waals surface area contributed by atoms with Crippen LogP contribution in [0, 0.1) is 5.92 Å². The Morgan fingerprint density at radius 2 is 1.75 bits per heavy atom. The van der Waals surface area contributed by atoms with Crippen molar-refractivity contribution in [1.29, 1.82) is 0 Å². The lowest BCUT2D eigenvalue weighted by Crippen LogP contribution is -2.41. The van der Waals surface area contributed by atoms with Crippen LogP contribution < -0.4 is 4.90 Å². The number of rotatable bonds is 3. The van der Waals surface area contributed by atoms with Crippen molar-refractivity contribution in [3.05, 3.63) is 65.7 Å². The Balaban J connectivity index is 1.97. The number of benzene rings is 2. The smallest absolute Gasteiger partial charge is 0.231 e. The van der Waals surface area contributed by atoms with E-state index in [9.17, 15) is 4.79 Å². The summed E-state index contributed by atoms with van der Waals surface area (Å²) in [5.41, 5.74) is 3.52. The summed E-state index contributed by atoms with van der Waals surface area (Å²) in [6, 6.07) is 18.4. The van der Waals surface area contributed by atoms with Crippen molar-refractivity contribution in [1.82, 2.24) is 0 Å². The van der Waals surface area contributed by atoms with Crippen molar-refractivity contribution < 1.29 is 4.79 Å². The van der Waals surface area contributed by atoms with E-state index in [-0.39, 0.29) is 11.8 Å². The first-order valence-electron chi connectivity index (χ1n) is 6.79. The summed E-state index contributed by atoms with van der Waals surface area (Å²) in [6.45, 7) is 0.657. The zero-order chi connectivity index (χ0) is 13.9. The third-order valence-corrected chi connectivity index (χ3v) is 4.80. The maximum Gasteiger partial charge on any atom is 0.231 e. The molecule has 0 aromatic heterocycles. The highest BCUT2D eigenvalue weighted by molar-refractivity contribution is 14.1. The summed E-state index contributed by atoms with van der Waals surface area (Å²) in [7, 11) is 0. The van der Waals surface area contributed by atoms with E-state index in [1.54, 1.807) is 0 Å². The molecule has 0 saturated carbocycles. The Morgan fingerprint density at radius 3 is 2.50 bits per heavy atom. The first-order chi connectivity index (χ1) is 9.79. The van der Waals surface area contributed by atoms with Crippen LogP contribution in [0.4, 0.5) is 5.69 Å². The Labute approximate surface area is 132 Å². The molecule has 0 bridgehead atoms. The molecule has 2 nitrogen and oxygen atoms in total. The average Bonchev–Trinajstić information content (AvgIpc) is 2.51. The van der Waals surface area contributed by atoms with E-state index < -0.39 is 0 Å². The van der Waals surface area contributed by atoms with Gasteiger partial charge in [-0.1, -0.05) is 71.1 Å². The second-order valence-electron chi connectivity index (χ2n) is 5.09. The highest BCUT2D eigenvalue weighted by Crippen LogP contribution is 2.32. The van der Waals surface area contributed by atoms with Crippen molar-refractivity contribution in [2.24, 2.45) is 5.92 Å². The van der Waals surface area contributed by atoms with Crippen LogP contribution in [0.15, 0.2) is 54.6 Å². The van der Waals surface area contributed by atoms with Crippen molar-refractivity contribution >= 4 is 34.2 Å². The fraction of sp³-hybridized carbons (Fsp3) is 0.235. The van der Waals surface area contributed by atoms with Gasteiger partial charge in [-0.3, -0.25) is 4.79 Å². The first kappa shape index (κ1) is 13.6. The maximum atomic E-state index is 12.6. The van der Waals surface area contributed by atoms with E-state index in [4.69, 9.17) is 0 Å². The number of hydrogen-bond donors (Lipinski definition) is 0. The summed E-state index contributed by atoms with van der Waals surface area (Å²) in [5, 5.41) is 0. The van der Waals surface area contributed by atoms with Gasteiger partial charge >= 0.3 is 0 Å². The lowest BCUT2D eigenvalue weighted by Gasteiger charge is -2.33. The number of nitrogens with zero attached hydrogens (tertiary/aromatic N) is 1. The number of alkyl halides is 1. The monoisotopic (exact) mass is 377 g/mol. The molecule has 0 fully saturated rings. The summed E-state index contributed by atoms with van der Waals surface area (Å²) < 4.78 is 0.871. The van der Waals surface area contributed by atoms with Crippen molar-refractivity contribution in [3.63, 3.8) is 0 Å². The molecule has 0 radical (unpaired) electrons. The molecule has 1 amide bonds. The van der Waals surface area contributed by atoms with Gasteiger partial charge in [0, 0.05) is 10.1 Å². The third kappa shape index (κ3) is 2.59. The molecular formula is C17H16INO. The molecule has 1 aliphatic rings. The predicted molar refractivity (Wildman–Crippen MR) is 90.2 cm³/mol. The molecule has 1 unspecified atom stereocenters. The Kier molecular flexibility index (Phi) is 4.05. The molecule has 102 valence electrons. The fourth-order valence-electron chi connectivity index (χ4n) is 2.69. The summed E-state index contributed by atoms with van der Waals surface area (Å²) in [6.07, 6.45) is 0.864. The Hall–Kier alpha value is -1.36. The zero-order valence-electron chi connectivity index (χ0n) is 11.1. The van der Waals surface area contributed by atoms with Gasteiger partial charge in [0.2, 0.25) is 5.91 Å². The molecule has 2 aromatic rings. The van der Waals surface area contributed by atoms with Crippen LogP contribution in [0.25, 0.3) is 0 Å². The molecule has 3 rings (SSSR count). The van der Waals surface area contributed by atoms with Gasteiger partial charge in [0.25, 0.3) is 0 Å². The lowest BCUT2D eigenvalue weighted by molar-refractivity contribution is -0.122. The molecule has 0 spiro atoms. The van der Waals surface area contributed by atoms with E-state index in [1.165, 1.54) is 11.1 Å². The standard InChI is InChI=1S/C17H16INO/c18-11-15-10-14-8-4-5-9-16(14)19(17(15)20)12-13-6-2-1-3-7-13/h1-9,15H,10-12H2. The zero-order valence-corrected chi connectivity index (χ0v) is 13.3. The van der Waals surface area contributed by atoms with Crippen molar-refractivity contribution in [2.75, 3.05) is 9.33 Å². The van der Waals surface area contributed by atoms with Crippen LogP contribution >= 0.6 is 22.6 Å². The van der Waals surface area contributed by atoms with Gasteiger partial charge in [-0.2, -0.15) is 0 Å². The van der Waals surface area contributed by atoms with E-state index in [0.717, 1.165) is 16.5 Å². The van der Waals surface area contributed by atoms with Crippen LogP contribution in [0.3, 0.4) is 0 Å². The minimum Gasteiger partial charge on any atom is -0.307 e. The van der Waals surface area contributed by atoms with Crippen LogP contribution in [0.5, 0.6) is 0 Å². The maximum absolute atomic E-state index is 12.6. The van der Waals surface area contributed by atoms with E-state index >= 15 is 0 Å². The van der Waals surface area contributed by atoms with E-state index in [2.05, 4.69) is 52.9 Å². The molecule has 2 aromatic carbocycles. The SMILES string of the molecule is O=C1C(CI)Cc2ccccc2N1Cc1ccccc1. The van der Waals surface area contributed by atoms with Crippen molar-refractivity contribution in [3.8, 4) is 0 Å². The highest BCUT2D eigenvalue weighted by atomic mass is 127. The number of halogens is 1. The van der Waals surface area contributed by atoms with E-state index in [0.29, 0.717) is 6.54 Å². The predicted octanol–water partition coefficient (Wildman–Crippen LogP) is 3.83. The van der Waals surface area contributed by atoms with Crippen LogP contribution in [0.1, 0.15) is 11.1 Å². The Bertz CT molecular complexity index is 611. The third-order valence-electron chi connectivity index (χ3n) is 3.73. The summed E-state index contributed by atoms with van der Waals surface area (Å²) in [5.74, 6) is 0.358. The van der Waals surface area contributed by atoms with Crippen LogP contribution in [0.2, 0.25) is 0 Å². The fourth-order valence-corrected chi connectivity index (χ4v) is 3.38. The minimum absolute atomic E-state index is 0.106. The molecular weight excluding hydrogens is 361 g/mol. The van der Waals surface area contributed by atoms with Gasteiger partial charge in [-0.25, -0.2) is 0 Å². The Morgan fingerprint density at radius 1 is 1.05 bits per heavy atom. The minimum atomic E-state index is 0.106. The molecule has 0 N–H and O–H groups in total. The molecule has 1 aliphatic heterocycles. The summed E-state index contributed by atoms with van der Waals surface area (Å²) in [4.78, 5) is 14.6. The summed E-state index contributed by atoms with van der Waals surface area (Å²) >= 11 is 2.31. The number of para-hydroxylation sites is 1. The number of carbonyl (C=O) groups excluding carboxylic acids is 1. The van der Waals surface area contributed by atoms with Gasteiger partial charge in [-0.15, -0.1) is 0 Å². The second-order valence-corrected chi connectivity index (χ2v) is 5.97. The molecule has 0 aliphatic carbocycles. The number of fused-ring (bicyclic) bond motifs is 1. The van der Waals surface area contributed by atoms with Gasteiger partial charge in [0.05, 0.1) is 12.5 Å². The first-order valence-corrected chi connectivity index (χ1v) is 8.31. The molecule has 0 saturated heterocycles. The molecule has 3 heteroatoms. The van der Waals surface area contributed by atoms with Crippen LogP contribution in [-0.2, 0) is 17.8 Å². The number of anilines is 1. The number of carbonyl (C=O) groups is 1. The average molecular weight is 377 g/mol. The molecule has 20 heavy (non-hydrogen) atoms. The van der Waals surface area contributed by atoms with E-state index in [1.807, 2.05) is 29.2 Å². The largest absolute Gasteiger partial charge is 0.307 e. The normalized spacial score (nSPS) is 17.9. The quantitative estimate of drug-likeness (QED) is 0.588. The number of hydrogen-bond acceptors (Lipinski definition) is 1. The topological polar surface area (TPSA) is 20.3 Å². The second kappa shape index (κ2) is 5.95. The number of amides is 1. The lowest BCUT2D eigenvalue weighted by atomic mass is 9.92. The molecule has 1 atom stereocenters. The molecule has 1 heterocycles. The highest BCUT2D eigenvalue weighted by Gasteiger charge is 2.31. The van der Waals surface area contributed by atoms with Crippen molar-refractivity contribution in [2.45, 2.75) is 13.0 Å². The van der Waals surface area contributed by atoms with Gasteiger partial charge in [-0.05, 0) is 23.6 Å².